The van der Waals surface area contributed by atoms with Crippen LogP contribution in [0.2, 0.25) is 0 Å². The van der Waals surface area contributed by atoms with Gasteiger partial charge in [-0.2, -0.15) is 0 Å². The topological polar surface area (TPSA) is 21.3 Å². The van der Waals surface area contributed by atoms with Crippen molar-refractivity contribution in [3.63, 3.8) is 0 Å². The van der Waals surface area contributed by atoms with Crippen LogP contribution in [0.25, 0.3) is 0 Å². The maximum absolute atomic E-state index is 13.3. The molecule has 1 N–H and O–H groups in total. The lowest BCUT2D eigenvalue weighted by Crippen LogP contribution is -2.29. The minimum absolute atomic E-state index is 0.0857. The van der Waals surface area contributed by atoms with Gasteiger partial charge in [0.25, 0.3) is 0 Å². The van der Waals surface area contributed by atoms with Gasteiger partial charge in [0.15, 0.2) is 0 Å². The van der Waals surface area contributed by atoms with Crippen molar-refractivity contribution < 1.29 is 9.13 Å². The van der Waals surface area contributed by atoms with E-state index in [2.05, 4.69) is 19.2 Å². The molecule has 0 aromatic heterocycles. The summed E-state index contributed by atoms with van der Waals surface area (Å²) in [6.07, 6.45) is 3.54. The molecule has 3 heteroatoms. The molecule has 1 aromatic rings. The quantitative estimate of drug-likeness (QED) is 0.791. The zero-order valence-electron chi connectivity index (χ0n) is 11.8. The van der Waals surface area contributed by atoms with Crippen LogP contribution in [0.1, 0.15) is 51.6 Å². The van der Waals surface area contributed by atoms with Crippen LogP contribution >= 0.6 is 0 Å². The first-order valence-electron chi connectivity index (χ1n) is 6.68. The van der Waals surface area contributed by atoms with Gasteiger partial charge in [0.2, 0.25) is 0 Å². The number of benzene rings is 1. The first kappa shape index (κ1) is 15.0. The summed E-state index contributed by atoms with van der Waals surface area (Å²) < 4.78 is 18.6. The molecule has 18 heavy (non-hydrogen) atoms. The Morgan fingerprint density at radius 1 is 1.33 bits per heavy atom. The fourth-order valence-corrected chi connectivity index (χ4v) is 2.15. The highest BCUT2D eigenvalue weighted by Gasteiger charge is 2.14. The van der Waals surface area contributed by atoms with Crippen LogP contribution in [0.3, 0.4) is 0 Å². The lowest BCUT2D eigenvalue weighted by molar-refractivity contribution is 0.389. The molecule has 102 valence electrons. The van der Waals surface area contributed by atoms with Crippen LogP contribution in [0.15, 0.2) is 18.2 Å². The van der Waals surface area contributed by atoms with Gasteiger partial charge < -0.3 is 10.1 Å². The summed E-state index contributed by atoms with van der Waals surface area (Å²) >= 11 is 0. The molecule has 0 saturated carbocycles. The molecule has 0 fully saturated rings. The van der Waals surface area contributed by atoms with Crippen LogP contribution in [0, 0.1) is 5.82 Å². The number of halogens is 1. The Balaban J connectivity index is 2.70. The van der Waals surface area contributed by atoms with E-state index in [0.717, 1.165) is 17.7 Å². The number of ether oxygens (including phenoxy) is 1. The average Bonchev–Trinajstić information content (AvgIpc) is 2.36. The normalized spacial score (nSPS) is 14.3. The van der Waals surface area contributed by atoms with Crippen LogP contribution in [0.5, 0.6) is 5.75 Å². The highest BCUT2D eigenvalue weighted by atomic mass is 19.1. The van der Waals surface area contributed by atoms with Crippen molar-refractivity contribution in [1.29, 1.82) is 0 Å². The highest BCUT2D eigenvalue weighted by molar-refractivity contribution is 5.36. The van der Waals surface area contributed by atoms with E-state index in [9.17, 15) is 4.39 Å². The van der Waals surface area contributed by atoms with Gasteiger partial charge in [0, 0.05) is 17.6 Å². The van der Waals surface area contributed by atoms with Gasteiger partial charge in [-0.15, -0.1) is 0 Å². The van der Waals surface area contributed by atoms with E-state index in [4.69, 9.17) is 4.74 Å². The molecule has 0 saturated heterocycles. The lowest BCUT2D eigenvalue weighted by Gasteiger charge is -2.22. The Kier molecular flexibility index (Phi) is 6.13. The number of hydrogen-bond donors (Lipinski definition) is 1. The zero-order chi connectivity index (χ0) is 13.5. The maximum Gasteiger partial charge on any atom is 0.123 e. The molecule has 2 atom stereocenters. The Labute approximate surface area is 110 Å². The summed E-state index contributed by atoms with van der Waals surface area (Å²) in [5, 5.41) is 3.49. The highest BCUT2D eigenvalue weighted by Crippen LogP contribution is 2.26. The molecule has 2 unspecified atom stereocenters. The Bertz CT molecular complexity index is 368. The molecule has 0 aliphatic carbocycles. The second-order valence-corrected chi connectivity index (χ2v) is 4.82. The lowest BCUT2D eigenvalue weighted by atomic mass is 10.0. The largest absolute Gasteiger partial charge is 0.496 e. The van der Waals surface area contributed by atoms with E-state index in [0.29, 0.717) is 6.04 Å². The van der Waals surface area contributed by atoms with E-state index in [1.54, 1.807) is 19.2 Å². The molecule has 0 aliphatic rings. The minimum atomic E-state index is -0.222. The van der Waals surface area contributed by atoms with E-state index < -0.39 is 0 Å². The predicted octanol–water partition coefficient (Wildman–Crippen LogP) is 4.06. The second-order valence-electron chi connectivity index (χ2n) is 4.82. The van der Waals surface area contributed by atoms with Crippen LogP contribution < -0.4 is 10.1 Å². The SMILES string of the molecule is CCCCC(C)NC(C)c1cc(F)ccc1OC. The van der Waals surface area contributed by atoms with Crippen molar-refractivity contribution in [2.75, 3.05) is 7.11 Å². The molecule has 0 bridgehead atoms. The number of unbranched alkanes of at least 4 members (excludes halogenated alkanes) is 1. The minimum Gasteiger partial charge on any atom is -0.496 e. The molecule has 0 heterocycles. The molecule has 0 radical (unpaired) electrons. The van der Waals surface area contributed by atoms with Crippen molar-refractivity contribution in [3.05, 3.63) is 29.6 Å². The van der Waals surface area contributed by atoms with Gasteiger partial charge in [-0.25, -0.2) is 4.39 Å². The molecule has 0 aliphatic heterocycles. The van der Waals surface area contributed by atoms with Gasteiger partial charge in [-0.1, -0.05) is 19.8 Å². The van der Waals surface area contributed by atoms with Crippen LogP contribution in [-0.4, -0.2) is 13.2 Å². The van der Waals surface area contributed by atoms with E-state index in [1.165, 1.54) is 18.9 Å². The third-order valence-electron chi connectivity index (χ3n) is 3.18. The molecule has 0 spiro atoms. The van der Waals surface area contributed by atoms with E-state index in [1.807, 2.05) is 6.92 Å². The van der Waals surface area contributed by atoms with Gasteiger partial charge in [0.05, 0.1) is 7.11 Å². The van der Waals surface area contributed by atoms with Gasteiger partial charge in [-0.05, 0) is 38.5 Å². The van der Waals surface area contributed by atoms with Crippen molar-refractivity contribution in [2.24, 2.45) is 0 Å². The Hall–Kier alpha value is -1.09. The van der Waals surface area contributed by atoms with Gasteiger partial charge >= 0.3 is 0 Å². The van der Waals surface area contributed by atoms with Crippen molar-refractivity contribution >= 4 is 0 Å². The average molecular weight is 253 g/mol. The second kappa shape index (κ2) is 7.37. The maximum atomic E-state index is 13.3. The summed E-state index contributed by atoms with van der Waals surface area (Å²) in [5.41, 5.74) is 0.876. The molecule has 1 aromatic carbocycles. The fraction of sp³-hybridized carbons (Fsp3) is 0.600. The summed E-state index contributed by atoms with van der Waals surface area (Å²) in [4.78, 5) is 0. The molecule has 1 rings (SSSR count). The number of methoxy groups -OCH3 is 1. The Morgan fingerprint density at radius 3 is 2.67 bits per heavy atom. The van der Waals surface area contributed by atoms with E-state index >= 15 is 0 Å². The molecular weight excluding hydrogens is 229 g/mol. The van der Waals surface area contributed by atoms with Crippen molar-refractivity contribution in [1.82, 2.24) is 5.32 Å². The van der Waals surface area contributed by atoms with Gasteiger partial charge in [0.1, 0.15) is 11.6 Å². The van der Waals surface area contributed by atoms with Crippen LogP contribution in [-0.2, 0) is 0 Å². The summed E-state index contributed by atoms with van der Waals surface area (Å²) in [6.45, 7) is 6.39. The van der Waals surface area contributed by atoms with Crippen LogP contribution in [0.4, 0.5) is 4.39 Å². The zero-order valence-corrected chi connectivity index (χ0v) is 11.8. The summed E-state index contributed by atoms with van der Waals surface area (Å²) in [6, 6.07) is 5.16. The predicted molar refractivity (Wildman–Crippen MR) is 73.5 cm³/mol. The van der Waals surface area contributed by atoms with Crippen molar-refractivity contribution in [3.8, 4) is 5.75 Å². The fourth-order valence-electron chi connectivity index (χ4n) is 2.15. The van der Waals surface area contributed by atoms with E-state index in [-0.39, 0.29) is 11.9 Å². The smallest absolute Gasteiger partial charge is 0.123 e. The third kappa shape index (κ3) is 4.30. The Morgan fingerprint density at radius 2 is 2.06 bits per heavy atom. The monoisotopic (exact) mass is 253 g/mol. The molecule has 2 nitrogen and oxygen atoms in total. The first-order valence-corrected chi connectivity index (χ1v) is 6.68. The molecule has 0 amide bonds. The standard InChI is InChI=1S/C15H24FNO/c1-5-6-7-11(2)17-12(3)14-10-13(16)8-9-15(14)18-4/h8-12,17H,5-7H2,1-4H3. The van der Waals surface area contributed by atoms with Crippen molar-refractivity contribution in [2.45, 2.75) is 52.1 Å². The summed E-state index contributed by atoms with van der Waals surface area (Å²) in [5.74, 6) is 0.514. The number of hydrogen-bond acceptors (Lipinski definition) is 2. The molecular formula is C15H24FNO. The number of rotatable bonds is 7. The van der Waals surface area contributed by atoms with Gasteiger partial charge in [-0.3, -0.25) is 0 Å². The third-order valence-corrected chi connectivity index (χ3v) is 3.18. The first-order chi connectivity index (χ1) is 8.58. The number of nitrogens with one attached hydrogen (secondary N) is 1. The summed E-state index contributed by atoms with van der Waals surface area (Å²) in [7, 11) is 1.62.